The number of nitrogens with one attached hydrogen (secondary N) is 2. The topological polar surface area (TPSA) is 90.3 Å². The summed E-state index contributed by atoms with van der Waals surface area (Å²) in [7, 11) is 1.85. The van der Waals surface area contributed by atoms with Crippen LogP contribution in [0.4, 0.5) is 4.79 Å². The van der Waals surface area contributed by atoms with Gasteiger partial charge in [-0.15, -0.1) is 5.10 Å². The minimum absolute atomic E-state index is 0.0115. The van der Waals surface area contributed by atoms with E-state index in [1.807, 2.05) is 34.7 Å². The van der Waals surface area contributed by atoms with Gasteiger partial charge in [-0.05, 0) is 34.1 Å². The molecule has 0 radical (unpaired) electrons. The number of hydrogen-bond donors (Lipinski definition) is 2. The van der Waals surface area contributed by atoms with Gasteiger partial charge >= 0.3 is 6.09 Å². The van der Waals surface area contributed by atoms with Gasteiger partial charge in [-0.2, -0.15) is 0 Å². The van der Waals surface area contributed by atoms with Crippen molar-refractivity contribution in [3.8, 4) is 0 Å². The average Bonchev–Trinajstić information content (AvgIpc) is 2.81. The molecule has 8 heteroatoms. The van der Waals surface area contributed by atoms with E-state index in [1.54, 1.807) is 10.9 Å². The molecule has 0 aromatic carbocycles. The number of ether oxygens (including phenoxy) is 2. The van der Waals surface area contributed by atoms with Crippen LogP contribution in [0.5, 0.6) is 0 Å². The molecule has 1 saturated carbocycles. The quantitative estimate of drug-likeness (QED) is 0.810. The Hall–Kier alpha value is -1.67. The molecule has 130 valence electrons. The maximum Gasteiger partial charge on any atom is 0.407 e. The molecule has 0 aliphatic heterocycles. The van der Waals surface area contributed by atoms with Crippen LogP contribution in [0.3, 0.4) is 0 Å². The van der Waals surface area contributed by atoms with Gasteiger partial charge in [0.05, 0.1) is 30.1 Å². The molecule has 0 saturated heterocycles. The summed E-state index contributed by atoms with van der Waals surface area (Å²) in [5, 5.41) is 14.1. The average molecular weight is 325 g/mol. The van der Waals surface area contributed by atoms with E-state index in [0.717, 1.165) is 12.1 Å². The highest BCUT2D eigenvalue weighted by atomic mass is 16.6. The fourth-order valence-electron chi connectivity index (χ4n) is 2.57. The molecule has 3 unspecified atom stereocenters. The molecule has 1 heterocycles. The van der Waals surface area contributed by atoms with Crippen molar-refractivity contribution in [2.24, 2.45) is 7.05 Å². The standard InChI is InChI=1S/C15H27N5O3/c1-6-22-12-7-11(18-14(21)23-15(2,3)4)13(12)16-8-10-9-17-19-20(10)5/h9,11-13,16H,6-8H2,1-5H3,(H,18,21). The molecule has 2 N–H and O–H groups in total. The minimum atomic E-state index is -0.504. The van der Waals surface area contributed by atoms with Gasteiger partial charge in [-0.3, -0.25) is 4.68 Å². The van der Waals surface area contributed by atoms with Crippen LogP contribution in [-0.2, 0) is 23.1 Å². The highest BCUT2D eigenvalue weighted by Crippen LogP contribution is 2.25. The number of rotatable bonds is 6. The number of aryl methyl sites for hydroxylation is 1. The molecule has 1 aliphatic carbocycles. The van der Waals surface area contributed by atoms with Crippen LogP contribution in [0, 0.1) is 0 Å². The van der Waals surface area contributed by atoms with Crippen molar-refractivity contribution < 1.29 is 14.3 Å². The number of hydrogen-bond acceptors (Lipinski definition) is 6. The van der Waals surface area contributed by atoms with Crippen molar-refractivity contribution in [2.75, 3.05) is 6.61 Å². The lowest BCUT2D eigenvalue weighted by Gasteiger charge is -2.44. The van der Waals surface area contributed by atoms with E-state index in [0.29, 0.717) is 13.2 Å². The summed E-state index contributed by atoms with van der Waals surface area (Å²) in [5.74, 6) is 0. The van der Waals surface area contributed by atoms with Gasteiger partial charge in [-0.25, -0.2) is 4.79 Å². The van der Waals surface area contributed by atoms with Crippen molar-refractivity contribution in [1.29, 1.82) is 0 Å². The minimum Gasteiger partial charge on any atom is -0.444 e. The van der Waals surface area contributed by atoms with Gasteiger partial charge in [0.1, 0.15) is 5.60 Å². The second-order valence-corrected chi connectivity index (χ2v) is 6.74. The van der Waals surface area contributed by atoms with E-state index < -0.39 is 11.7 Å². The second kappa shape index (κ2) is 7.27. The largest absolute Gasteiger partial charge is 0.444 e. The Morgan fingerprint density at radius 2 is 2.22 bits per heavy atom. The van der Waals surface area contributed by atoms with Crippen LogP contribution in [0.25, 0.3) is 0 Å². The highest BCUT2D eigenvalue weighted by molar-refractivity contribution is 5.68. The maximum absolute atomic E-state index is 11.9. The van der Waals surface area contributed by atoms with Crippen LogP contribution in [0.15, 0.2) is 6.20 Å². The lowest BCUT2D eigenvalue weighted by Crippen LogP contribution is -2.66. The Morgan fingerprint density at radius 1 is 1.48 bits per heavy atom. The monoisotopic (exact) mass is 325 g/mol. The molecule has 1 amide bonds. The van der Waals surface area contributed by atoms with Gasteiger partial charge in [0.25, 0.3) is 0 Å². The van der Waals surface area contributed by atoms with Crippen molar-refractivity contribution in [1.82, 2.24) is 25.6 Å². The summed E-state index contributed by atoms with van der Waals surface area (Å²) in [4.78, 5) is 11.9. The normalized spacial score (nSPS) is 24.1. The van der Waals surface area contributed by atoms with E-state index in [-0.39, 0.29) is 18.2 Å². The third-order valence-electron chi connectivity index (χ3n) is 3.73. The summed E-state index contributed by atoms with van der Waals surface area (Å²) in [6.45, 7) is 8.78. The van der Waals surface area contributed by atoms with Crippen LogP contribution in [0.2, 0.25) is 0 Å². The molecule has 0 bridgehead atoms. The molecule has 1 aromatic heterocycles. The molecule has 1 aliphatic rings. The SMILES string of the molecule is CCOC1CC(NC(=O)OC(C)(C)C)C1NCc1cnnn1C. The maximum atomic E-state index is 11.9. The lowest BCUT2D eigenvalue weighted by molar-refractivity contribution is -0.0439. The zero-order chi connectivity index (χ0) is 17.0. The molecule has 2 rings (SSSR count). The van der Waals surface area contributed by atoms with Crippen molar-refractivity contribution >= 4 is 6.09 Å². The number of alkyl carbamates (subject to hydrolysis) is 1. The van der Waals surface area contributed by atoms with E-state index >= 15 is 0 Å². The van der Waals surface area contributed by atoms with Crippen LogP contribution < -0.4 is 10.6 Å². The Morgan fingerprint density at radius 3 is 2.78 bits per heavy atom. The van der Waals surface area contributed by atoms with Crippen molar-refractivity contribution in [2.45, 2.75) is 64.4 Å². The third-order valence-corrected chi connectivity index (χ3v) is 3.73. The Labute approximate surface area is 136 Å². The van der Waals surface area contributed by atoms with Gasteiger partial charge in [0.2, 0.25) is 0 Å². The summed E-state index contributed by atoms with van der Waals surface area (Å²) in [6, 6.07) is 0.0277. The molecular formula is C15H27N5O3. The summed E-state index contributed by atoms with van der Waals surface area (Å²) in [6.07, 6.45) is 2.18. The first-order chi connectivity index (χ1) is 10.8. The van der Waals surface area contributed by atoms with Gasteiger partial charge in [0, 0.05) is 20.2 Å². The number of aromatic nitrogens is 3. The third kappa shape index (κ3) is 4.90. The number of carbonyl (C=O) groups is 1. The highest BCUT2D eigenvalue weighted by Gasteiger charge is 2.43. The van der Waals surface area contributed by atoms with E-state index in [2.05, 4.69) is 20.9 Å². The molecule has 1 fully saturated rings. The number of nitrogens with zero attached hydrogens (tertiary/aromatic N) is 3. The fourth-order valence-corrected chi connectivity index (χ4v) is 2.57. The molecule has 8 nitrogen and oxygen atoms in total. The number of carbonyl (C=O) groups excluding carboxylic acids is 1. The summed E-state index contributed by atoms with van der Waals surface area (Å²) in [5.41, 5.74) is 0.472. The first-order valence-corrected chi connectivity index (χ1v) is 7.98. The fraction of sp³-hybridized carbons (Fsp3) is 0.800. The number of amides is 1. The van der Waals surface area contributed by atoms with Crippen LogP contribution in [-0.4, -0.2) is 51.5 Å². The molecule has 0 spiro atoms. The molecule has 3 atom stereocenters. The zero-order valence-corrected chi connectivity index (χ0v) is 14.5. The van der Waals surface area contributed by atoms with E-state index in [1.165, 1.54) is 0 Å². The van der Waals surface area contributed by atoms with E-state index in [4.69, 9.17) is 9.47 Å². The first kappa shape index (κ1) is 17.7. The Bertz CT molecular complexity index is 525. The molecular weight excluding hydrogens is 298 g/mol. The predicted octanol–water partition coefficient (Wildman–Crippen LogP) is 0.975. The van der Waals surface area contributed by atoms with Crippen molar-refractivity contribution in [3.05, 3.63) is 11.9 Å². The van der Waals surface area contributed by atoms with Gasteiger partial charge < -0.3 is 20.1 Å². The first-order valence-electron chi connectivity index (χ1n) is 7.98. The molecule has 23 heavy (non-hydrogen) atoms. The second-order valence-electron chi connectivity index (χ2n) is 6.74. The smallest absolute Gasteiger partial charge is 0.407 e. The van der Waals surface area contributed by atoms with Crippen LogP contribution >= 0.6 is 0 Å². The van der Waals surface area contributed by atoms with Crippen LogP contribution in [0.1, 0.15) is 39.8 Å². The Kier molecular flexibility index (Phi) is 5.59. The lowest BCUT2D eigenvalue weighted by atomic mass is 9.82. The van der Waals surface area contributed by atoms with E-state index in [9.17, 15) is 4.79 Å². The Balaban J connectivity index is 1.89. The van der Waals surface area contributed by atoms with Crippen molar-refractivity contribution in [3.63, 3.8) is 0 Å². The van der Waals surface area contributed by atoms with Gasteiger partial charge in [0.15, 0.2) is 0 Å². The summed E-state index contributed by atoms with van der Waals surface area (Å²) < 4.78 is 12.7. The van der Waals surface area contributed by atoms with Gasteiger partial charge in [-0.1, -0.05) is 5.21 Å². The summed E-state index contributed by atoms with van der Waals surface area (Å²) >= 11 is 0. The predicted molar refractivity (Wildman–Crippen MR) is 84.8 cm³/mol. The molecule has 1 aromatic rings. The zero-order valence-electron chi connectivity index (χ0n) is 14.5.